The maximum atomic E-state index is 6.11. The summed E-state index contributed by atoms with van der Waals surface area (Å²) in [6.45, 7) is 6.12. The van der Waals surface area contributed by atoms with Crippen LogP contribution in [0.5, 0.6) is 0 Å². The van der Waals surface area contributed by atoms with E-state index >= 15 is 0 Å². The van der Waals surface area contributed by atoms with Crippen molar-refractivity contribution in [2.45, 2.75) is 52.5 Å². The molecule has 0 saturated carbocycles. The van der Waals surface area contributed by atoms with Gasteiger partial charge in [-0.25, -0.2) is 4.98 Å². The normalized spacial score (nSPS) is 13.0. The Morgan fingerprint density at radius 3 is 2.71 bits per heavy atom. The van der Waals surface area contributed by atoms with Crippen molar-refractivity contribution in [1.29, 1.82) is 0 Å². The van der Waals surface area contributed by atoms with Gasteiger partial charge in [0, 0.05) is 18.0 Å². The number of nitrogens with two attached hydrogens (primary N) is 1. The minimum absolute atomic E-state index is 0.716. The number of aromatic nitrogens is 2. The van der Waals surface area contributed by atoms with Gasteiger partial charge in [0.1, 0.15) is 5.82 Å². The summed E-state index contributed by atoms with van der Waals surface area (Å²) in [5.41, 5.74) is 7.92. The molecule has 116 valence electrons. The molecule has 1 unspecified atom stereocenters. The Morgan fingerprint density at radius 2 is 2.05 bits per heavy atom. The maximum absolute atomic E-state index is 6.11. The summed E-state index contributed by atoms with van der Waals surface area (Å²) in [7, 11) is 0. The summed E-state index contributed by atoms with van der Waals surface area (Å²) in [6, 6.07) is 5.94. The van der Waals surface area contributed by atoms with E-state index in [1.54, 1.807) is 0 Å². The molecule has 21 heavy (non-hydrogen) atoms. The van der Waals surface area contributed by atoms with Gasteiger partial charge in [-0.05, 0) is 50.4 Å². The molecule has 2 aromatic rings. The Kier molecular flexibility index (Phi) is 6.07. The number of halogens is 1. The molecule has 0 radical (unpaired) electrons. The van der Waals surface area contributed by atoms with Crippen LogP contribution in [0, 0.1) is 5.92 Å². The molecule has 0 fully saturated rings. The van der Waals surface area contributed by atoms with E-state index in [4.69, 9.17) is 22.3 Å². The zero-order chi connectivity index (χ0) is 15.2. The molecule has 0 bridgehead atoms. The van der Waals surface area contributed by atoms with Gasteiger partial charge in [-0.15, -0.1) is 0 Å². The number of hydrogen-bond acceptors (Lipinski definition) is 2. The highest BCUT2D eigenvalue weighted by Crippen LogP contribution is 2.23. The molecule has 0 aliphatic carbocycles. The lowest BCUT2D eigenvalue weighted by Gasteiger charge is -2.15. The van der Waals surface area contributed by atoms with Gasteiger partial charge in [0.2, 0.25) is 0 Å². The van der Waals surface area contributed by atoms with Crippen LogP contribution in [0.25, 0.3) is 11.0 Å². The Bertz CT molecular complexity index is 571. The summed E-state index contributed by atoms with van der Waals surface area (Å²) in [6.07, 6.45) is 5.79. The smallest absolute Gasteiger partial charge is 0.109 e. The van der Waals surface area contributed by atoms with Crippen molar-refractivity contribution < 1.29 is 0 Å². The summed E-state index contributed by atoms with van der Waals surface area (Å²) in [5.74, 6) is 1.89. The first-order valence-corrected chi connectivity index (χ1v) is 8.42. The summed E-state index contributed by atoms with van der Waals surface area (Å²) < 4.78 is 2.28. The minimum Gasteiger partial charge on any atom is -0.330 e. The van der Waals surface area contributed by atoms with Gasteiger partial charge in [-0.2, -0.15) is 0 Å². The minimum atomic E-state index is 0.716. The van der Waals surface area contributed by atoms with E-state index in [1.807, 2.05) is 18.2 Å². The molecule has 0 amide bonds. The van der Waals surface area contributed by atoms with Gasteiger partial charge >= 0.3 is 0 Å². The molecule has 3 nitrogen and oxygen atoms in total. The average molecular weight is 308 g/mol. The van der Waals surface area contributed by atoms with E-state index in [0.717, 1.165) is 42.0 Å². The number of aryl methyl sites for hydroxylation is 2. The Hall–Kier alpha value is -1.06. The highest BCUT2D eigenvalue weighted by atomic mass is 35.5. The Balaban J connectivity index is 2.17. The van der Waals surface area contributed by atoms with Crippen molar-refractivity contribution in [3.63, 3.8) is 0 Å². The number of rotatable bonds is 8. The molecular formula is C17H26ClN3. The molecule has 1 heterocycles. The predicted molar refractivity (Wildman–Crippen MR) is 90.8 cm³/mol. The van der Waals surface area contributed by atoms with E-state index in [2.05, 4.69) is 18.4 Å². The zero-order valence-corrected chi connectivity index (χ0v) is 13.9. The van der Waals surface area contributed by atoms with Crippen LogP contribution in [0.3, 0.4) is 0 Å². The first-order valence-electron chi connectivity index (χ1n) is 8.04. The van der Waals surface area contributed by atoms with Crippen molar-refractivity contribution in [2.24, 2.45) is 11.7 Å². The third-order valence-electron chi connectivity index (χ3n) is 4.15. The fourth-order valence-corrected chi connectivity index (χ4v) is 3.27. The lowest BCUT2D eigenvalue weighted by atomic mass is 9.94. The van der Waals surface area contributed by atoms with Gasteiger partial charge < -0.3 is 10.3 Å². The molecule has 1 atom stereocenters. The molecule has 4 heteroatoms. The monoisotopic (exact) mass is 307 g/mol. The third kappa shape index (κ3) is 3.98. The predicted octanol–water partition coefficient (Wildman–Crippen LogP) is 4.41. The Labute approximate surface area is 132 Å². The van der Waals surface area contributed by atoms with E-state index in [0.29, 0.717) is 5.92 Å². The number of nitrogens with zero attached hydrogens (tertiary/aromatic N) is 2. The summed E-state index contributed by atoms with van der Waals surface area (Å²) >= 11 is 6.11. The van der Waals surface area contributed by atoms with Crippen LogP contribution >= 0.6 is 11.6 Å². The number of imidazole rings is 1. The largest absolute Gasteiger partial charge is 0.330 e. The molecule has 1 aromatic carbocycles. The van der Waals surface area contributed by atoms with Crippen LogP contribution in [-0.2, 0) is 13.0 Å². The van der Waals surface area contributed by atoms with Gasteiger partial charge in [0.05, 0.1) is 11.0 Å². The molecule has 0 saturated heterocycles. The average Bonchev–Trinajstić information content (AvgIpc) is 2.82. The molecule has 0 spiro atoms. The fourth-order valence-electron chi connectivity index (χ4n) is 3.10. The molecule has 2 rings (SSSR count). The summed E-state index contributed by atoms with van der Waals surface area (Å²) in [5, 5.41) is 0.774. The third-order valence-corrected chi connectivity index (χ3v) is 4.39. The lowest BCUT2D eigenvalue weighted by Crippen LogP contribution is -2.11. The first-order chi connectivity index (χ1) is 10.2. The van der Waals surface area contributed by atoms with Crippen LogP contribution in [0.2, 0.25) is 5.02 Å². The second kappa shape index (κ2) is 7.81. The van der Waals surface area contributed by atoms with E-state index < -0.39 is 0 Å². The van der Waals surface area contributed by atoms with Crippen LogP contribution in [0.1, 0.15) is 45.4 Å². The van der Waals surface area contributed by atoms with Crippen molar-refractivity contribution in [3.8, 4) is 0 Å². The maximum Gasteiger partial charge on any atom is 0.109 e. The molecule has 1 aromatic heterocycles. The van der Waals surface area contributed by atoms with Crippen LogP contribution in [0.15, 0.2) is 18.2 Å². The molecular weight excluding hydrogens is 282 g/mol. The van der Waals surface area contributed by atoms with Crippen LogP contribution < -0.4 is 5.73 Å². The first kappa shape index (κ1) is 16.3. The lowest BCUT2D eigenvalue weighted by molar-refractivity contribution is 0.415. The van der Waals surface area contributed by atoms with Gasteiger partial charge in [0.25, 0.3) is 0 Å². The molecule has 2 N–H and O–H groups in total. The van der Waals surface area contributed by atoms with Crippen LogP contribution in [-0.4, -0.2) is 16.1 Å². The van der Waals surface area contributed by atoms with E-state index in [9.17, 15) is 0 Å². The van der Waals surface area contributed by atoms with E-state index in [1.165, 1.54) is 25.1 Å². The fraction of sp³-hybridized carbons (Fsp3) is 0.588. The quantitative estimate of drug-likeness (QED) is 0.785. The van der Waals surface area contributed by atoms with Gasteiger partial charge in [-0.1, -0.05) is 31.4 Å². The van der Waals surface area contributed by atoms with Crippen LogP contribution in [0.4, 0.5) is 0 Å². The SMILES string of the molecule is CCCC(CCN)CCc1nc2ccc(Cl)cc2n1CC. The van der Waals surface area contributed by atoms with Crippen molar-refractivity contribution >= 4 is 22.6 Å². The van der Waals surface area contributed by atoms with Crippen molar-refractivity contribution in [2.75, 3.05) is 6.54 Å². The Morgan fingerprint density at radius 1 is 1.24 bits per heavy atom. The van der Waals surface area contributed by atoms with Crippen molar-refractivity contribution in [1.82, 2.24) is 9.55 Å². The zero-order valence-electron chi connectivity index (χ0n) is 13.1. The van der Waals surface area contributed by atoms with Gasteiger partial charge in [0.15, 0.2) is 0 Å². The van der Waals surface area contributed by atoms with Crippen molar-refractivity contribution in [3.05, 3.63) is 29.0 Å². The van der Waals surface area contributed by atoms with Gasteiger partial charge in [-0.3, -0.25) is 0 Å². The highest BCUT2D eigenvalue weighted by molar-refractivity contribution is 6.31. The number of benzene rings is 1. The second-order valence-corrected chi connectivity index (χ2v) is 6.11. The highest BCUT2D eigenvalue weighted by Gasteiger charge is 2.13. The number of fused-ring (bicyclic) bond motifs is 1. The summed E-state index contributed by atoms with van der Waals surface area (Å²) in [4.78, 5) is 4.79. The topological polar surface area (TPSA) is 43.8 Å². The van der Waals surface area contributed by atoms with E-state index in [-0.39, 0.29) is 0 Å². The standard InChI is InChI=1S/C17H26ClN3/c1-3-5-13(10-11-19)6-9-17-20-15-8-7-14(18)12-16(15)21(17)4-2/h7-8,12-13H,3-6,9-11,19H2,1-2H3. The molecule has 0 aliphatic rings. The molecule has 0 aliphatic heterocycles. The second-order valence-electron chi connectivity index (χ2n) is 5.68. The number of hydrogen-bond donors (Lipinski definition) is 1.